The lowest BCUT2D eigenvalue weighted by Gasteiger charge is -2.28. The van der Waals surface area contributed by atoms with E-state index in [1.807, 2.05) is 37.4 Å². The van der Waals surface area contributed by atoms with Crippen molar-refractivity contribution in [1.29, 1.82) is 0 Å². The average Bonchev–Trinajstić information content (AvgIpc) is 3.03. The molecule has 128 valence electrons. The standard InChI is InChI=1S/C17H21N3O3S/c1-10-4-5-14(22-3)12(8-10)13-9-24-17(19-13)20-16(21)15-11(2)23-7-6-18-15/h4-5,8-9,11,15,18H,6-7H2,1-3H3,(H,19,20,21)/t11-,15+/m1/s1. The van der Waals surface area contributed by atoms with Crippen LogP contribution in [-0.4, -0.2) is 43.3 Å². The summed E-state index contributed by atoms with van der Waals surface area (Å²) in [5, 5.41) is 8.53. The van der Waals surface area contributed by atoms with Crippen LogP contribution in [0.4, 0.5) is 5.13 Å². The van der Waals surface area contributed by atoms with Crippen molar-refractivity contribution >= 4 is 22.4 Å². The molecule has 1 amide bonds. The number of aromatic nitrogens is 1. The van der Waals surface area contributed by atoms with Crippen molar-refractivity contribution < 1.29 is 14.3 Å². The normalized spacial score (nSPS) is 20.6. The lowest BCUT2D eigenvalue weighted by atomic mass is 10.1. The zero-order chi connectivity index (χ0) is 17.1. The van der Waals surface area contributed by atoms with Gasteiger partial charge in [0.2, 0.25) is 5.91 Å². The Labute approximate surface area is 145 Å². The molecule has 0 radical (unpaired) electrons. The van der Waals surface area contributed by atoms with E-state index < -0.39 is 0 Å². The van der Waals surface area contributed by atoms with Crippen molar-refractivity contribution in [3.8, 4) is 17.0 Å². The maximum atomic E-state index is 12.4. The fourth-order valence-corrected chi connectivity index (χ4v) is 3.40. The molecule has 0 saturated carbocycles. The zero-order valence-corrected chi connectivity index (χ0v) is 14.8. The first-order valence-electron chi connectivity index (χ1n) is 7.85. The van der Waals surface area contributed by atoms with E-state index in [-0.39, 0.29) is 18.1 Å². The molecule has 1 aromatic carbocycles. The van der Waals surface area contributed by atoms with Crippen LogP contribution in [-0.2, 0) is 9.53 Å². The van der Waals surface area contributed by atoms with E-state index in [1.54, 1.807) is 7.11 Å². The summed E-state index contributed by atoms with van der Waals surface area (Å²) in [7, 11) is 1.64. The number of ether oxygens (including phenoxy) is 2. The van der Waals surface area contributed by atoms with E-state index in [0.717, 1.165) is 22.6 Å². The molecule has 6 nitrogen and oxygen atoms in total. The van der Waals surface area contributed by atoms with Crippen LogP contribution in [0, 0.1) is 6.92 Å². The molecule has 7 heteroatoms. The molecule has 1 aromatic heterocycles. The van der Waals surface area contributed by atoms with E-state index in [2.05, 4.69) is 15.6 Å². The topological polar surface area (TPSA) is 72.5 Å². The van der Waals surface area contributed by atoms with Crippen molar-refractivity contribution in [3.05, 3.63) is 29.1 Å². The highest BCUT2D eigenvalue weighted by molar-refractivity contribution is 7.14. The fourth-order valence-electron chi connectivity index (χ4n) is 2.69. The van der Waals surface area contributed by atoms with Crippen molar-refractivity contribution in [2.24, 2.45) is 0 Å². The number of nitrogens with zero attached hydrogens (tertiary/aromatic N) is 1. The highest BCUT2D eigenvalue weighted by atomic mass is 32.1. The third kappa shape index (κ3) is 3.58. The number of benzene rings is 1. The first kappa shape index (κ1) is 16.9. The van der Waals surface area contributed by atoms with E-state index in [1.165, 1.54) is 11.3 Å². The molecule has 1 saturated heterocycles. The molecule has 1 fully saturated rings. The van der Waals surface area contributed by atoms with Gasteiger partial charge in [0.25, 0.3) is 0 Å². The summed E-state index contributed by atoms with van der Waals surface area (Å²) in [5.41, 5.74) is 2.83. The number of methoxy groups -OCH3 is 1. The smallest absolute Gasteiger partial charge is 0.245 e. The number of morpholine rings is 1. The molecule has 0 unspecified atom stereocenters. The minimum Gasteiger partial charge on any atom is -0.496 e. The number of nitrogens with one attached hydrogen (secondary N) is 2. The number of carbonyl (C=O) groups excluding carboxylic acids is 1. The minimum atomic E-state index is -0.361. The van der Waals surface area contributed by atoms with Crippen LogP contribution in [0.15, 0.2) is 23.6 Å². The minimum absolute atomic E-state index is 0.126. The van der Waals surface area contributed by atoms with Gasteiger partial charge in [-0.1, -0.05) is 11.6 Å². The first-order valence-corrected chi connectivity index (χ1v) is 8.73. The predicted octanol–water partition coefficient (Wildman–Crippen LogP) is 2.44. The van der Waals surface area contributed by atoms with Crippen LogP contribution in [0.3, 0.4) is 0 Å². The summed E-state index contributed by atoms with van der Waals surface area (Å²) in [6.07, 6.45) is -0.157. The second-order valence-electron chi connectivity index (χ2n) is 5.74. The number of rotatable bonds is 4. The lowest BCUT2D eigenvalue weighted by Crippen LogP contribution is -2.53. The van der Waals surface area contributed by atoms with Crippen LogP contribution < -0.4 is 15.4 Å². The zero-order valence-electron chi connectivity index (χ0n) is 14.0. The summed E-state index contributed by atoms with van der Waals surface area (Å²) >= 11 is 1.40. The Kier molecular flexibility index (Phi) is 5.13. The maximum absolute atomic E-state index is 12.4. The molecule has 0 bridgehead atoms. The third-order valence-electron chi connectivity index (χ3n) is 3.96. The van der Waals surface area contributed by atoms with Gasteiger partial charge in [-0.3, -0.25) is 4.79 Å². The van der Waals surface area contributed by atoms with Crippen LogP contribution in [0.2, 0.25) is 0 Å². The van der Waals surface area contributed by atoms with Gasteiger partial charge in [-0.15, -0.1) is 11.3 Å². The van der Waals surface area contributed by atoms with Crippen molar-refractivity contribution in [2.45, 2.75) is 26.0 Å². The van der Waals surface area contributed by atoms with Crippen LogP contribution in [0.1, 0.15) is 12.5 Å². The molecule has 2 N–H and O–H groups in total. The van der Waals surface area contributed by atoms with Gasteiger partial charge in [-0.2, -0.15) is 0 Å². The van der Waals surface area contributed by atoms with Crippen LogP contribution in [0.25, 0.3) is 11.3 Å². The summed E-state index contributed by atoms with van der Waals surface area (Å²) in [6.45, 7) is 5.21. The van der Waals surface area contributed by atoms with Crippen LogP contribution >= 0.6 is 11.3 Å². The van der Waals surface area contributed by atoms with Gasteiger partial charge in [0, 0.05) is 17.5 Å². The number of carbonyl (C=O) groups is 1. The molecule has 3 rings (SSSR count). The number of hydrogen-bond acceptors (Lipinski definition) is 6. The molecule has 2 heterocycles. The number of aryl methyl sites for hydroxylation is 1. The SMILES string of the molecule is COc1ccc(C)cc1-c1csc(NC(=O)[C@H]2NCCO[C@@H]2C)n1. The highest BCUT2D eigenvalue weighted by Crippen LogP contribution is 2.33. The second kappa shape index (κ2) is 7.29. The monoisotopic (exact) mass is 347 g/mol. The first-order chi connectivity index (χ1) is 11.6. The highest BCUT2D eigenvalue weighted by Gasteiger charge is 2.28. The number of amides is 1. The molecule has 0 spiro atoms. The summed E-state index contributed by atoms with van der Waals surface area (Å²) < 4.78 is 10.9. The van der Waals surface area contributed by atoms with E-state index >= 15 is 0 Å². The quantitative estimate of drug-likeness (QED) is 0.889. The molecular formula is C17H21N3O3S. The Morgan fingerprint density at radius 1 is 1.50 bits per heavy atom. The molecule has 2 atom stereocenters. The Morgan fingerprint density at radius 2 is 2.33 bits per heavy atom. The van der Waals surface area contributed by atoms with Crippen molar-refractivity contribution in [1.82, 2.24) is 10.3 Å². The molecule has 24 heavy (non-hydrogen) atoms. The fraction of sp³-hybridized carbons (Fsp3) is 0.412. The second-order valence-corrected chi connectivity index (χ2v) is 6.60. The third-order valence-corrected chi connectivity index (χ3v) is 4.72. The van der Waals surface area contributed by atoms with Gasteiger partial charge < -0.3 is 20.1 Å². The maximum Gasteiger partial charge on any atom is 0.245 e. The van der Waals surface area contributed by atoms with E-state index in [4.69, 9.17) is 9.47 Å². The molecular weight excluding hydrogens is 326 g/mol. The largest absolute Gasteiger partial charge is 0.496 e. The average molecular weight is 347 g/mol. The Hall–Kier alpha value is -1.96. The summed E-state index contributed by atoms with van der Waals surface area (Å²) in [6, 6.07) is 5.58. The van der Waals surface area contributed by atoms with Gasteiger partial charge >= 0.3 is 0 Å². The molecule has 1 aliphatic rings. The number of hydrogen-bond donors (Lipinski definition) is 2. The summed E-state index contributed by atoms with van der Waals surface area (Å²) in [5.74, 6) is 0.638. The predicted molar refractivity (Wildman–Crippen MR) is 94.7 cm³/mol. The van der Waals surface area contributed by atoms with Gasteiger partial charge in [0.05, 0.1) is 25.5 Å². The summed E-state index contributed by atoms with van der Waals surface area (Å²) in [4.78, 5) is 16.9. The lowest BCUT2D eigenvalue weighted by molar-refractivity contribution is -0.123. The Balaban J connectivity index is 1.76. The van der Waals surface area contributed by atoms with Crippen molar-refractivity contribution in [2.75, 3.05) is 25.6 Å². The van der Waals surface area contributed by atoms with Gasteiger partial charge in [-0.05, 0) is 26.0 Å². The van der Waals surface area contributed by atoms with E-state index in [0.29, 0.717) is 18.3 Å². The number of anilines is 1. The van der Waals surface area contributed by atoms with Gasteiger partial charge in [-0.25, -0.2) is 4.98 Å². The van der Waals surface area contributed by atoms with E-state index in [9.17, 15) is 4.79 Å². The molecule has 2 aromatic rings. The van der Waals surface area contributed by atoms with Gasteiger partial charge in [0.15, 0.2) is 5.13 Å². The van der Waals surface area contributed by atoms with Crippen LogP contribution in [0.5, 0.6) is 5.75 Å². The Bertz CT molecular complexity index is 732. The van der Waals surface area contributed by atoms with Crippen molar-refractivity contribution in [3.63, 3.8) is 0 Å². The Morgan fingerprint density at radius 3 is 3.08 bits per heavy atom. The molecule has 1 aliphatic heterocycles. The van der Waals surface area contributed by atoms with Gasteiger partial charge in [0.1, 0.15) is 11.8 Å². The number of thiazole rings is 1. The molecule has 0 aliphatic carbocycles.